The summed E-state index contributed by atoms with van der Waals surface area (Å²) in [4.78, 5) is 0. The monoisotopic (exact) mass is 174 g/mol. The zero-order valence-corrected chi connectivity index (χ0v) is 8.03. The van der Waals surface area contributed by atoms with Gasteiger partial charge in [-0.15, -0.1) is 0 Å². The van der Waals surface area contributed by atoms with Crippen molar-refractivity contribution in [2.45, 2.75) is 6.92 Å². The fraction of sp³-hybridized carbons (Fsp3) is 0.167. The molecule has 0 saturated heterocycles. The van der Waals surface area contributed by atoms with Crippen LogP contribution in [0.2, 0.25) is 0 Å². The fourth-order valence-corrected chi connectivity index (χ4v) is 1.13. The Bertz CT molecular complexity index is 296. The lowest BCUT2D eigenvalue weighted by atomic mass is 10.1. The standard InChI is InChI=1S/C12H14O/c1-3-11(9-10-13-2)12-7-5-4-6-8-12/h3-10H,1-2H3/b10-9-,11-3+. The lowest BCUT2D eigenvalue weighted by Crippen LogP contribution is -1.79. The summed E-state index contributed by atoms with van der Waals surface area (Å²) in [5.41, 5.74) is 2.38. The molecule has 0 unspecified atom stereocenters. The summed E-state index contributed by atoms with van der Waals surface area (Å²) in [5.74, 6) is 0. The highest BCUT2D eigenvalue weighted by molar-refractivity contribution is 5.73. The molecule has 0 bridgehead atoms. The summed E-state index contributed by atoms with van der Waals surface area (Å²) < 4.78 is 4.87. The average molecular weight is 174 g/mol. The van der Waals surface area contributed by atoms with Crippen molar-refractivity contribution in [1.82, 2.24) is 0 Å². The van der Waals surface area contributed by atoms with E-state index in [0.717, 1.165) is 0 Å². The number of ether oxygens (including phenoxy) is 1. The van der Waals surface area contributed by atoms with Gasteiger partial charge in [0.1, 0.15) is 0 Å². The van der Waals surface area contributed by atoms with Crippen molar-refractivity contribution >= 4 is 5.57 Å². The molecule has 0 N–H and O–H groups in total. The molecule has 0 heterocycles. The van der Waals surface area contributed by atoms with E-state index in [2.05, 4.69) is 18.2 Å². The number of allylic oxidation sites excluding steroid dienone is 3. The summed E-state index contributed by atoms with van der Waals surface area (Å²) in [5, 5.41) is 0. The summed E-state index contributed by atoms with van der Waals surface area (Å²) in [7, 11) is 1.65. The molecular weight excluding hydrogens is 160 g/mol. The van der Waals surface area contributed by atoms with Gasteiger partial charge in [-0.05, 0) is 24.1 Å². The van der Waals surface area contributed by atoms with Crippen molar-refractivity contribution in [2.75, 3.05) is 7.11 Å². The van der Waals surface area contributed by atoms with Gasteiger partial charge in [-0.1, -0.05) is 36.4 Å². The van der Waals surface area contributed by atoms with Gasteiger partial charge in [-0.3, -0.25) is 0 Å². The molecule has 0 fully saturated rings. The van der Waals surface area contributed by atoms with Crippen LogP contribution in [-0.2, 0) is 4.74 Å². The van der Waals surface area contributed by atoms with Gasteiger partial charge < -0.3 is 4.74 Å². The first-order chi connectivity index (χ1) is 6.38. The predicted octanol–water partition coefficient (Wildman–Crippen LogP) is 3.25. The first-order valence-corrected chi connectivity index (χ1v) is 4.29. The average Bonchev–Trinajstić information content (AvgIpc) is 2.21. The summed E-state index contributed by atoms with van der Waals surface area (Å²) in [6.07, 6.45) is 5.70. The molecule has 0 aliphatic carbocycles. The Balaban J connectivity index is 2.87. The molecule has 68 valence electrons. The summed E-state index contributed by atoms with van der Waals surface area (Å²) in [6.45, 7) is 2.02. The number of rotatable bonds is 3. The van der Waals surface area contributed by atoms with Gasteiger partial charge in [0.25, 0.3) is 0 Å². The zero-order valence-electron chi connectivity index (χ0n) is 8.03. The Kier molecular flexibility index (Phi) is 3.83. The second-order valence-electron chi connectivity index (χ2n) is 2.65. The van der Waals surface area contributed by atoms with Crippen LogP contribution in [0.1, 0.15) is 12.5 Å². The third-order valence-corrected chi connectivity index (χ3v) is 1.80. The van der Waals surface area contributed by atoms with Crippen LogP contribution >= 0.6 is 0 Å². The lowest BCUT2D eigenvalue weighted by Gasteiger charge is -2.00. The van der Waals surface area contributed by atoms with Gasteiger partial charge in [0.15, 0.2) is 0 Å². The van der Waals surface area contributed by atoms with E-state index < -0.39 is 0 Å². The van der Waals surface area contributed by atoms with E-state index in [1.54, 1.807) is 13.4 Å². The molecule has 1 aromatic carbocycles. The van der Waals surface area contributed by atoms with Crippen LogP contribution in [0.15, 0.2) is 48.7 Å². The summed E-state index contributed by atoms with van der Waals surface area (Å²) >= 11 is 0. The SMILES string of the molecule is C/C=C(\C=C/OC)c1ccccc1. The van der Waals surface area contributed by atoms with Crippen molar-refractivity contribution in [3.63, 3.8) is 0 Å². The molecule has 0 spiro atoms. The zero-order chi connectivity index (χ0) is 9.52. The molecule has 0 saturated carbocycles. The topological polar surface area (TPSA) is 9.23 Å². The van der Waals surface area contributed by atoms with Crippen molar-refractivity contribution in [3.05, 3.63) is 54.3 Å². The predicted molar refractivity (Wildman–Crippen MR) is 56.2 cm³/mol. The van der Waals surface area contributed by atoms with Crippen LogP contribution in [0.25, 0.3) is 5.57 Å². The maximum atomic E-state index is 4.87. The minimum atomic E-state index is 1.17. The molecule has 0 atom stereocenters. The Morgan fingerprint density at radius 1 is 1.23 bits per heavy atom. The first-order valence-electron chi connectivity index (χ1n) is 4.29. The van der Waals surface area contributed by atoms with E-state index in [-0.39, 0.29) is 0 Å². The third kappa shape index (κ3) is 2.79. The van der Waals surface area contributed by atoms with Gasteiger partial charge in [0.05, 0.1) is 13.4 Å². The minimum absolute atomic E-state index is 1.17. The van der Waals surface area contributed by atoms with Crippen LogP contribution in [0, 0.1) is 0 Å². The van der Waals surface area contributed by atoms with Crippen LogP contribution in [0.4, 0.5) is 0 Å². The molecule has 0 radical (unpaired) electrons. The van der Waals surface area contributed by atoms with Gasteiger partial charge in [0, 0.05) is 0 Å². The van der Waals surface area contributed by atoms with Crippen LogP contribution in [0.3, 0.4) is 0 Å². The second-order valence-corrected chi connectivity index (χ2v) is 2.65. The molecule has 1 rings (SSSR count). The van der Waals surface area contributed by atoms with Gasteiger partial charge in [-0.2, -0.15) is 0 Å². The molecule has 1 aromatic rings. The molecular formula is C12H14O. The number of methoxy groups -OCH3 is 1. The number of benzene rings is 1. The van der Waals surface area contributed by atoms with Crippen molar-refractivity contribution < 1.29 is 4.74 Å². The fourth-order valence-electron chi connectivity index (χ4n) is 1.13. The van der Waals surface area contributed by atoms with Crippen molar-refractivity contribution in [2.24, 2.45) is 0 Å². The Labute approximate surface area is 79.4 Å². The quantitative estimate of drug-likeness (QED) is 0.505. The van der Waals surface area contributed by atoms with E-state index in [9.17, 15) is 0 Å². The number of hydrogen-bond donors (Lipinski definition) is 0. The van der Waals surface area contributed by atoms with Crippen LogP contribution in [0.5, 0.6) is 0 Å². The molecule has 0 aliphatic rings. The van der Waals surface area contributed by atoms with Gasteiger partial charge in [-0.25, -0.2) is 0 Å². The van der Waals surface area contributed by atoms with Crippen LogP contribution < -0.4 is 0 Å². The molecule has 0 aromatic heterocycles. The van der Waals surface area contributed by atoms with E-state index >= 15 is 0 Å². The molecule has 1 heteroatoms. The molecule has 1 nitrogen and oxygen atoms in total. The van der Waals surface area contributed by atoms with Crippen molar-refractivity contribution in [1.29, 1.82) is 0 Å². The molecule has 0 amide bonds. The normalized spacial score (nSPS) is 12.0. The maximum Gasteiger partial charge on any atom is 0.0830 e. The Morgan fingerprint density at radius 2 is 1.92 bits per heavy atom. The Morgan fingerprint density at radius 3 is 2.46 bits per heavy atom. The lowest BCUT2D eigenvalue weighted by molar-refractivity contribution is 0.338. The number of hydrogen-bond acceptors (Lipinski definition) is 1. The highest BCUT2D eigenvalue weighted by Gasteiger charge is 1.93. The highest BCUT2D eigenvalue weighted by Crippen LogP contribution is 2.14. The third-order valence-electron chi connectivity index (χ3n) is 1.80. The molecule has 0 aliphatic heterocycles. The van der Waals surface area contributed by atoms with E-state index in [1.165, 1.54) is 11.1 Å². The van der Waals surface area contributed by atoms with Crippen LogP contribution in [-0.4, -0.2) is 7.11 Å². The highest BCUT2D eigenvalue weighted by atomic mass is 16.5. The molecule has 13 heavy (non-hydrogen) atoms. The van der Waals surface area contributed by atoms with E-state index in [1.807, 2.05) is 31.2 Å². The second kappa shape index (κ2) is 5.20. The Hall–Kier alpha value is -1.50. The largest absolute Gasteiger partial charge is 0.504 e. The minimum Gasteiger partial charge on any atom is -0.504 e. The summed E-state index contributed by atoms with van der Waals surface area (Å²) in [6, 6.07) is 10.2. The van der Waals surface area contributed by atoms with Gasteiger partial charge in [0.2, 0.25) is 0 Å². The van der Waals surface area contributed by atoms with E-state index in [0.29, 0.717) is 0 Å². The maximum absolute atomic E-state index is 4.87. The smallest absolute Gasteiger partial charge is 0.0830 e. The van der Waals surface area contributed by atoms with Gasteiger partial charge >= 0.3 is 0 Å². The van der Waals surface area contributed by atoms with Crippen molar-refractivity contribution in [3.8, 4) is 0 Å². The van der Waals surface area contributed by atoms with E-state index in [4.69, 9.17) is 4.74 Å². The first kappa shape index (κ1) is 9.59.